The summed E-state index contributed by atoms with van der Waals surface area (Å²) in [6.45, 7) is -0.922. The highest BCUT2D eigenvalue weighted by atomic mass is 19.4. The quantitative estimate of drug-likeness (QED) is 0.867. The number of nitrogens with zero attached hydrogens (tertiary/aromatic N) is 2. The fraction of sp³-hybridized carbons (Fsp3) is 0.556. The monoisotopic (exact) mass is 252 g/mol. The van der Waals surface area contributed by atoms with Crippen molar-refractivity contribution in [1.82, 2.24) is 10.1 Å². The van der Waals surface area contributed by atoms with Crippen LogP contribution in [-0.2, 0) is 0 Å². The van der Waals surface area contributed by atoms with Gasteiger partial charge in [-0.2, -0.15) is 13.2 Å². The molecule has 0 bridgehead atoms. The third-order valence-electron chi connectivity index (χ3n) is 1.97. The second-order valence-electron chi connectivity index (χ2n) is 3.40. The van der Waals surface area contributed by atoms with Crippen LogP contribution in [0, 0.1) is 6.92 Å². The molecular formula is C9H11F3N2O3. The summed E-state index contributed by atoms with van der Waals surface area (Å²) >= 11 is 0. The van der Waals surface area contributed by atoms with Crippen molar-refractivity contribution < 1.29 is 27.6 Å². The van der Waals surface area contributed by atoms with E-state index in [1.165, 1.54) is 13.1 Å². The summed E-state index contributed by atoms with van der Waals surface area (Å²) < 4.78 is 41.2. The highest BCUT2D eigenvalue weighted by Gasteiger charge is 2.34. The van der Waals surface area contributed by atoms with Crippen molar-refractivity contribution in [2.45, 2.75) is 13.1 Å². The number of alkyl halides is 3. The summed E-state index contributed by atoms with van der Waals surface area (Å²) in [7, 11) is 0. The third-order valence-corrected chi connectivity index (χ3v) is 1.97. The number of hydrogen-bond acceptors (Lipinski definition) is 4. The lowest BCUT2D eigenvalue weighted by Gasteiger charge is -2.21. The van der Waals surface area contributed by atoms with Crippen LogP contribution >= 0.6 is 0 Å². The number of aliphatic hydroxyl groups excluding tert-OH is 1. The smallest absolute Gasteiger partial charge is 0.395 e. The van der Waals surface area contributed by atoms with E-state index in [0.717, 1.165) is 0 Å². The largest absolute Gasteiger partial charge is 0.406 e. The van der Waals surface area contributed by atoms with Gasteiger partial charge in [0.2, 0.25) is 5.76 Å². The Morgan fingerprint density at radius 1 is 1.59 bits per heavy atom. The zero-order chi connectivity index (χ0) is 13.1. The van der Waals surface area contributed by atoms with Gasteiger partial charge in [-0.05, 0) is 6.92 Å². The first-order chi connectivity index (χ1) is 7.85. The molecule has 1 heterocycles. The lowest BCUT2D eigenvalue weighted by molar-refractivity contribution is -0.141. The van der Waals surface area contributed by atoms with E-state index in [4.69, 9.17) is 5.11 Å². The first-order valence-corrected chi connectivity index (χ1v) is 4.73. The molecule has 5 nitrogen and oxygen atoms in total. The molecule has 8 heteroatoms. The first kappa shape index (κ1) is 13.5. The van der Waals surface area contributed by atoms with Crippen LogP contribution in [0.4, 0.5) is 13.2 Å². The second-order valence-corrected chi connectivity index (χ2v) is 3.40. The first-order valence-electron chi connectivity index (χ1n) is 4.73. The number of aryl methyl sites for hydroxylation is 1. The summed E-state index contributed by atoms with van der Waals surface area (Å²) in [5.41, 5.74) is 0.347. The van der Waals surface area contributed by atoms with Gasteiger partial charge < -0.3 is 14.5 Å². The predicted octanol–water partition coefficient (Wildman–Crippen LogP) is 0.980. The zero-order valence-corrected chi connectivity index (χ0v) is 8.99. The van der Waals surface area contributed by atoms with Gasteiger partial charge in [0, 0.05) is 12.1 Å². The zero-order valence-electron chi connectivity index (χ0n) is 8.99. The molecule has 0 aliphatic carbocycles. The average molecular weight is 252 g/mol. The van der Waals surface area contributed by atoms with E-state index < -0.39 is 31.8 Å². The number of rotatable bonds is 4. The highest BCUT2D eigenvalue weighted by Crippen LogP contribution is 2.18. The Bertz CT molecular complexity index is 389. The number of carbonyl (C=O) groups is 1. The van der Waals surface area contributed by atoms with Crippen LogP contribution < -0.4 is 0 Å². The van der Waals surface area contributed by atoms with E-state index in [1.807, 2.05) is 0 Å². The molecule has 1 N–H and O–H groups in total. The van der Waals surface area contributed by atoms with E-state index in [1.54, 1.807) is 0 Å². The molecule has 0 saturated heterocycles. The van der Waals surface area contributed by atoms with E-state index in [-0.39, 0.29) is 5.76 Å². The van der Waals surface area contributed by atoms with Crippen LogP contribution in [0.1, 0.15) is 16.1 Å². The van der Waals surface area contributed by atoms with Crippen molar-refractivity contribution in [1.29, 1.82) is 0 Å². The van der Waals surface area contributed by atoms with Crippen molar-refractivity contribution in [3.8, 4) is 0 Å². The molecule has 1 aromatic heterocycles. The van der Waals surface area contributed by atoms with Gasteiger partial charge in [-0.3, -0.25) is 4.79 Å². The number of halogens is 3. The molecule has 0 unspecified atom stereocenters. The number of hydrogen-bond donors (Lipinski definition) is 1. The van der Waals surface area contributed by atoms with Crippen LogP contribution in [0.2, 0.25) is 0 Å². The van der Waals surface area contributed by atoms with Crippen LogP contribution in [0.3, 0.4) is 0 Å². The van der Waals surface area contributed by atoms with E-state index in [0.29, 0.717) is 10.5 Å². The van der Waals surface area contributed by atoms with Gasteiger partial charge in [0.1, 0.15) is 6.54 Å². The van der Waals surface area contributed by atoms with Gasteiger partial charge >= 0.3 is 6.18 Å². The van der Waals surface area contributed by atoms with Crippen LogP contribution in [0.5, 0.6) is 0 Å². The number of aliphatic hydroxyl groups is 1. The van der Waals surface area contributed by atoms with E-state index >= 15 is 0 Å². The predicted molar refractivity (Wildman–Crippen MR) is 50.3 cm³/mol. The van der Waals surface area contributed by atoms with Crippen molar-refractivity contribution in [2.24, 2.45) is 0 Å². The van der Waals surface area contributed by atoms with Gasteiger partial charge in [0.15, 0.2) is 0 Å². The maximum absolute atomic E-state index is 12.2. The van der Waals surface area contributed by atoms with Crippen LogP contribution in [0.25, 0.3) is 0 Å². The van der Waals surface area contributed by atoms with Crippen molar-refractivity contribution in [3.05, 3.63) is 17.5 Å². The molecule has 1 amide bonds. The van der Waals surface area contributed by atoms with E-state index in [9.17, 15) is 18.0 Å². The molecule has 0 aliphatic heterocycles. The van der Waals surface area contributed by atoms with Gasteiger partial charge in [-0.15, -0.1) is 0 Å². The van der Waals surface area contributed by atoms with E-state index in [2.05, 4.69) is 9.68 Å². The molecule has 0 aliphatic rings. The van der Waals surface area contributed by atoms with Gasteiger partial charge in [0.05, 0.1) is 12.8 Å². The standard InChI is InChI=1S/C9H11F3N2O3/c1-6-4-13-17-7(6)8(16)14(2-3-15)5-9(10,11)12/h4,15H,2-3,5H2,1H3. The van der Waals surface area contributed by atoms with Crippen LogP contribution in [0.15, 0.2) is 10.7 Å². The van der Waals surface area contributed by atoms with Gasteiger partial charge in [-0.25, -0.2) is 0 Å². The lowest BCUT2D eigenvalue weighted by atomic mass is 10.2. The summed E-state index contributed by atoms with van der Waals surface area (Å²) in [5, 5.41) is 12.0. The van der Waals surface area contributed by atoms with Crippen LogP contribution in [-0.4, -0.2) is 46.9 Å². The molecule has 1 aromatic rings. The average Bonchev–Trinajstić information content (AvgIpc) is 2.61. The van der Waals surface area contributed by atoms with Crippen molar-refractivity contribution in [2.75, 3.05) is 19.7 Å². The number of carbonyl (C=O) groups excluding carboxylic acids is 1. The Kier molecular flexibility index (Phi) is 4.11. The van der Waals surface area contributed by atoms with Crippen molar-refractivity contribution in [3.63, 3.8) is 0 Å². The maximum atomic E-state index is 12.2. The second kappa shape index (κ2) is 5.17. The number of aromatic nitrogens is 1. The van der Waals surface area contributed by atoms with Gasteiger partial charge in [-0.1, -0.05) is 5.16 Å². The number of amides is 1. The molecule has 0 saturated carbocycles. The summed E-state index contributed by atoms with van der Waals surface area (Å²) in [6.07, 6.45) is -3.29. The lowest BCUT2D eigenvalue weighted by Crippen LogP contribution is -2.40. The third kappa shape index (κ3) is 3.74. The minimum Gasteiger partial charge on any atom is -0.395 e. The molecular weight excluding hydrogens is 241 g/mol. The Morgan fingerprint density at radius 3 is 2.65 bits per heavy atom. The summed E-state index contributed by atoms with van der Waals surface area (Å²) in [4.78, 5) is 12.1. The minimum atomic E-state index is -4.53. The fourth-order valence-corrected chi connectivity index (χ4v) is 1.23. The molecule has 1 rings (SSSR count). The Hall–Kier alpha value is -1.57. The molecule has 96 valence electrons. The Balaban J connectivity index is 2.84. The molecule has 0 aromatic carbocycles. The topological polar surface area (TPSA) is 66.6 Å². The minimum absolute atomic E-state index is 0.248. The van der Waals surface area contributed by atoms with Gasteiger partial charge in [0.25, 0.3) is 5.91 Å². The molecule has 17 heavy (non-hydrogen) atoms. The summed E-state index contributed by atoms with van der Waals surface area (Å²) in [5.74, 6) is -1.19. The molecule has 0 fully saturated rings. The molecule has 0 radical (unpaired) electrons. The Labute approximate surface area is 94.8 Å². The molecule has 0 atom stereocenters. The fourth-order valence-electron chi connectivity index (χ4n) is 1.23. The molecule has 0 spiro atoms. The normalized spacial score (nSPS) is 11.6. The maximum Gasteiger partial charge on any atom is 0.406 e. The Morgan fingerprint density at radius 2 is 2.24 bits per heavy atom. The highest BCUT2D eigenvalue weighted by molar-refractivity contribution is 5.92. The summed E-state index contributed by atoms with van der Waals surface area (Å²) in [6, 6.07) is 0. The van der Waals surface area contributed by atoms with Crippen molar-refractivity contribution >= 4 is 5.91 Å². The SMILES string of the molecule is Cc1cnoc1C(=O)N(CCO)CC(F)(F)F.